The van der Waals surface area contributed by atoms with Gasteiger partial charge in [0.25, 0.3) is 5.91 Å². The fourth-order valence-corrected chi connectivity index (χ4v) is 2.74. The Bertz CT molecular complexity index is 774. The second-order valence-electron chi connectivity index (χ2n) is 4.14. The van der Waals surface area contributed by atoms with Crippen LogP contribution in [0.1, 0.15) is 10.5 Å². The highest BCUT2D eigenvalue weighted by Gasteiger charge is 2.13. The minimum absolute atomic E-state index is 0.188. The van der Waals surface area contributed by atoms with Crippen LogP contribution in [0.5, 0.6) is 0 Å². The van der Waals surface area contributed by atoms with E-state index < -0.39 is 0 Å². The second kappa shape index (κ2) is 5.26. The molecule has 0 aliphatic rings. The first-order valence-corrected chi connectivity index (χ1v) is 6.94. The van der Waals surface area contributed by atoms with E-state index in [1.54, 1.807) is 17.7 Å². The quantitative estimate of drug-likeness (QED) is 0.723. The van der Waals surface area contributed by atoms with Crippen molar-refractivity contribution in [1.29, 1.82) is 0 Å². The largest absolute Gasteiger partial charge is 0.347 e. The number of pyridine rings is 1. The van der Waals surface area contributed by atoms with E-state index >= 15 is 0 Å². The van der Waals surface area contributed by atoms with Gasteiger partial charge in [-0.05, 0) is 12.1 Å². The zero-order valence-electron chi connectivity index (χ0n) is 10.6. The molecule has 6 heteroatoms. The molecule has 3 aromatic rings. The van der Waals surface area contributed by atoms with Crippen molar-refractivity contribution < 1.29 is 4.79 Å². The van der Waals surface area contributed by atoms with Crippen molar-refractivity contribution in [2.24, 2.45) is 0 Å². The third-order valence-corrected chi connectivity index (χ3v) is 3.71. The summed E-state index contributed by atoms with van der Waals surface area (Å²) in [6, 6.07) is 3.86. The van der Waals surface area contributed by atoms with Gasteiger partial charge >= 0.3 is 0 Å². The molecule has 1 amide bonds. The number of hydrogen-bond acceptors (Lipinski definition) is 4. The zero-order valence-corrected chi connectivity index (χ0v) is 11.4. The van der Waals surface area contributed by atoms with Crippen LogP contribution in [-0.4, -0.2) is 27.4 Å². The summed E-state index contributed by atoms with van der Waals surface area (Å²) in [6.07, 6.45) is 5.21. The lowest BCUT2D eigenvalue weighted by Crippen LogP contribution is -2.23. The topological polar surface area (TPSA) is 70.7 Å². The van der Waals surface area contributed by atoms with Crippen molar-refractivity contribution >= 4 is 28.3 Å². The highest BCUT2D eigenvalue weighted by Crippen LogP contribution is 2.29. The van der Waals surface area contributed by atoms with Crippen molar-refractivity contribution in [2.75, 3.05) is 6.54 Å². The molecule has 0 atom stereocenters. The van der Waals surface area contributed by atoms with Crippen LogP contribution >= 0.6 is 11.3 Å². The van der Waals surface area contributed by atoms with Gasteiger partial charge in [-0.3, -0.25) is 4.79 Å². The van der Waals surface area contributed by atoms with Crippen LogP contribution in [-0.2, 0) is 0 Å². The number of thiazole rings is 1. The molecule has 0 aromatic carbocycles. The maximum atomic E-state index is 11.8. The summed E-state index contributed by atoms with van der Waals surface area (Å²) in [5.74, 6) is -0.188. The molecular formula is C14H12N4OS. The van der Waals surface area contributed by atoms with Crippen LogP contribution in [0.25, 0.3) is 21.6 Å². The Morgan fingerprint density at radius 2 is 2.40 bits per heavy atom. The van der Waals surface area contributed by atoms with E-state index in [4.69, 9.17) is 0 Å². The van der Waals surface area contributed by atoms with E-state index in [2.05, 4.69) is 26.8 Å². The maximum Gasteiger partial charge on any atom is 0.271 e. The molecule has 2 N–H and O–H groups in total. The lowest BCUT2D eigenvalue weighted by Gasteiger charge is -1.99. The molecule has 0 radical (unpaired) electrons. The van der Waals surface area contributed by atoms with Gasteiger partial charge < -0.3 is 10.3 Å². The Morgan fingerprint density at radius 1 is 1.50 bits per heavy atom. The van der Waals surface area contributed by atoms with Crippen LogP contribution in [0.4, 0.5) is 0 Å². The molecule has 0 spiro atoms. The van der Waals surface area contributed by atoms with E-state index in [0.29, 0.717) is 12.2 Å². The predicted molar refractivity (Wildman–Crippen MR) is 79.7 cm³/mol. The third kappa shape index (κ3) is 2.21. The Hall–Kier alpha value is -2.47. The first kappa shape index (κ1) is 12.6. The van der Waals surface area contributed by atoms with Crippen LogP contribution in [0, 0.1) is 0 Å². The van der Waals surface area contributed by atoms with Crippen molar-refractivity contribution in [3.8, 4) is 10.6 Å². The summed E-state index contributed by atoms with van der Waals surface area (Å²) >= 11 is 1.44. The minimum Gasteiger partial charge on any atom is -0.347 e. The second-order valence-corrected chi connectivity index (χ2v) is 4.99. The number of aromatic amines is 1. The monoisotopic (exact) mass is 284 g/mol. The fraction of sp³-hybridized carbons (Fsp3) is 0.0714. The first-order valence-electron chi connectivity index (χ1n) is 6.06. The number of H-pyrrole nitrogens is 1. The molecule has 0 aliphatic heterocycles. The molecule has 0 saturated heterocycles. The molecule has 0 fully saturated rings. The molecule has 3 heterocycles. The van der Waals surface area contributed by atoms with Crippen molar-refractivity contribution in [1.82, 2.24) is 20.3 Å². The number of rotatable bonds is 4. The standard InChI is InChI=1S/C14H12N4OS/c1-2-5-17-13(19)11-8-20-14(18-11)10-4-7-16-12-9(10)3-6-15-12/h2-4,6-8H,1,5H2,(H,15,16)(H,17,19). The van der Waals surface area contributed by atoms with Gasteiger partial charge in [0.15, 0.2) is 0 Å². The molecule has 0 saturated carbocycles. The molecular weight excluding hydrogens is 272 g/mol. The van der Waals surface area contributed by atoms with E-state index in [1.165, 1.54) is 11.3 Å². The zero-order chi connectivity index (χ0) is 13.9. The van der Waals surface area contributed by atoms with Crippen molar-refractivity contribution in [3.05, 3.63) is 48.3 Å². The normalized spacial score (nSPS) is 10.6. The highest BCUT2D eigenvalue weighted by atomic mass is 32.1. The summed E-state index contributed by atoms with van der Waals surface area (Å²) in [5, 5.41) is 6.28. The molecule has 100 valence electrons. The van der Waals surface area contributed by atoms with Gasteiger partial charge in [-0.1, -0.05) is 6.08 Å². The van der Waals surface area contributed by atoms with Crippen LogP contribution in [0.15, 0.2) is 42.6 Å². The first-order chi connectivity index (χ1) is 9.79. The average molecular weight is 284 g/mol. The van der Waals surface area contributed by atoms with Gasteiger partial charge in [0.05, 0.1) is 0 Å². The van der Waals surface area contributed by atoms with Crippen molar-refractivity contribution in [3.63, 3.8) is 0 Å². The van der Waals surface area contributed by atoms with E-state index in [1.807, 2.05) is 18.3 Å². The van der Waals surface area contributed by atoms with Crippen LogP contribution < -0.4 is 5.32 Å². The minimum atomic E-state index is -0.188. The fourth-order valence-electron chi connectivity index (χ4n) is 1.90. The number of fused-ring (bicyclic) bond motifs is 1. The van der Waals surface area contributed by atoms with E-state index in [-0.39, 0.29) is 5.91 Å². The third-order valence-electron chi connectivity index (χ3n) is 2.83. The average Bonchev–Trinajstić information content (AvgIpc) is 3.12. The molecule has 20 heavy (non-hydrogen) atoms. The van der Waals surface area contributed by atoms with Gasteiger partial charge in [-0.15, -0.1) is 17.9 Å². The molecule has 0 bridgehead atoms. The van der Waals surface area contributed by atoms with Gasteiger partial charge in [-0.2, -0.15) is 0 Å². The van der Waals surface area contributed by atoms with Crippen LogP contribution in [0.2, 0.25) is 0 Å². The summed E-state index contributed by atoms with van der Waals surface area (Å²) in [7, 11) is 0. The number of carbonyl (C=O) groups excluding carboxylic acids is 1. The summed E-state index contributed by atoms with van der Waals surface area (Å²) < 4.78 is 0. The van der Waals surface area contributed by atoms with E-state index in [9.17, 15) is 4.79 Å². The molecule has 3 rings (SSSR count). The summed E-state index contributed by atoms with van der Waals surface area (Å²) in [5.41, 5.74) is 2.21. The number of nitrogens with zero attached hydrogens (tertiary/aromatic N) is 2. The number of amides is 1. The lowest BCUT2D eigenvalue weighted by molar-refractivity contribution is 0.0954. The molecule has 0 unspecified atom stereocenters. The van der Waals surface area contributed by atoms with Gasteiger partial charge in [0.1, 0.15) is 16.3 Å². The number of hydrogen-bond donors (Lipinski definition) is 2. The number of aromatic nitrogens is 3. The SMILES string of the molecule is C=CCNC(=O)c1csc(-c2ccnc3[nH]ccc23)n1. The summed E-state index contributed by atoms with van der Waals surface area (Å²) in [6.45, 7) is 4.00. The number of nitrogens with one attached hydrogen (secondary N) is 2. The maximum absolute atomic E-state index is 11.8. The Morgan fingerprint density at radius 3 is 3.25 bits per heavy atom. The number of carbonyl (C=O) groups is 1. The molecule has 0 aliphatic carbocycles. The smallest absolute Gasteiger partial charge is 0.271 e. The Labute approximate surface area is 119 Å². The highest BCUT2D eigenvalue weighted by molar-refractivity contribution is 7.13. The Balaban J connectivity index is 1.95. The van der Waals surface area contributed by atoms with Gasteiger partial charge in [0.2, 0.25) is 0 Å². The Kier molecular flexibility index (Phi) is 3.30. The molecule has 3 aromatic heterocycles. The van der Waals surface area contributed by atoms with Gasteiger partial charge in [0, 0.05) is 35.3 Å². The van der Waals surface area contributed by atoms with Gasteiger partial charge in [-0.25, -0.2) is 9.97 Å². The summed E-state index contributed by atoms with van der Waals surface area (Å²) in [4.78, 5) is 23.5. The van der Waals surface area contributed by atoms with Crippen LogP contribution in [0.3, 0.4) is 0 Å². The van der Waals surface area contributed by atoms with Crippen molar-refractivity contribution in [2.45, 2.75) is 0 Å². The van der Waals surface area contributed by atoms with E-state index in [0.717, 1.165) is 21.6 Å². The lowest BCUT2D eigenvalue weighted by atomic mass is 10.2. The molecule has 5 nitrogen and oxygen atoms in total. The predicted octanol–water partition coefficient (Wildman–Crippen LogP) is 2.60.